The van der Waals surface area contributed by atoms with Crippen molar-refractivity contribution in [2.75, 3.05) is 6.61 Å². The van der Waals surface area contributed by atoms with Crippen molar-refractivity contribution >= 4 is 0 Å². The van der Waals surface area contributed by atoms with Gasteiger partial charge in [0.1, 0.15) is 11.4 Å². The molecule has 0 bridgehead atoms. The van der Waals surface area contributed by atoms with E-state index in [1.165, 1.54) is 18.4 Å². The summed E-state index contributed by atoms with van der Waals surface area (Å²) in [4.78, 5) is 0. The Balaban J connectivity index is 1.53. The monoisotopic (exact) mass is 287 g/mol. The van der Waals surface area contributed by atoms with Crippen LogP contribution in [0.5, 0.6) is 5.75 Å². The van der Waals surface area contributed by atoms with E-state index in [2.05, 4.69) is 23.3 Å². The van der Waals surface area contributed by atoms with Crippen molar-refractivity contribution in [3.05, 3.63) is 41.2 Å². The quantitative estimate of drug-likeness (QED) is 0.795. The third-order valence-corrected chi connectivity index (χ3v) is 3.73. The zero-order chi connectivity index (χ0) is 14.7. The number of hydrogen-bond donors (Lipinski definition) is 1. The van der Waals surface area contributed by atoms with Crippen molar-refractivity contribution < 1.29 is 9.84 Å². The molecule has 21 heavy (non-hydrogen) atoms. The highest BCUT2D eigenvalue weighted by Crippen LogP contribution is 2.41. The molecular formula is C16H21N3O2. The summed E-state index contributed by atoms with van der Waals surface area (Å²) in [5.41, 5.74) is 3.05. The minimum absolute atomic E-state index is 0.0222. The van der Waals surface area contributed by atoms with Crippen LogP contribution in [-0.2, 0) is 13.2 Å². The van der Waals surface area contributed by atoms with E-state index in [-0.39, 0.29) is 6.61 Å². The molecule has 1 fully saturated rings. The maximum absolute atomic E-state index is 9.31. The molecule has 0 spiro atoms. The van der Waals surface area contributed by atoms with E-state index in [1.807, 2.05) is 22.9 Å². The van der Waals surface area contributed by atoms with Crippen LogP contribution in [-0.4, -0.2) is 26.7 Å². The number of rotatable bonds is 7. The SMILES string of the molecule is Cc1cccc(OCCCn2nnc(CO)c2C2CC2)c1. The lowest BCUT2D eigenvalue weighted by molar-refractivity contribution is 0.275. The van der Waals surface area contributed by atoms with Crippen LogP contribution in [0.1, 0.15) is 42.1 Å². The van der Waals surface area contributed by atoms with Crippen LogP contribution >= 0.6 is 0 Å². The van der Waals surface area contributed by atoms with Gasteiger partial charge in [0.2, 0.25) is 0 Å². The second-order valence-corrected chi connectivity index (χ2v) is 5.60. The number of nitrogens with zero attached hydrogens (tertiary/aromatic N) is 3. The standard InChI is InChI=1S/C16H21N3O2/c1-12-4-2-5-14(10-12)21-9-3-8-19-16(13-6-7-13)15(11-20)17-18-19/h2,4-5,10,13,20H,3,6-9,11H2,1H3. The van der Waals surface area contributed by atoms with Crippen LogP contribution in [0.3, 0.4) is 0 Å². The summed E-state index contributed by atoms with van der Waals surface area (Å²) in [5.74, 6) is 1.45. The molecule has 1 heterocycles. The molecule has 5 nitrogen and oxygen atoms in total. The normalized spacial score (nSPS) is 14.4. The fourth-order valence-electron chi connectivity index (χ4n) is 2.55. The highest BCUT2D eigenvalue weighted by Gasteiger charge is 2.30. The zero-order valence-corrected chi connectivity index (χ0v) is 12.3. The predicted molar refractivity (Wildman–Crippen MR) is 79.2 cm³/mol. The summed E-state index contributed by atoms with van der Waals surface area (Å²) in [6.07, 6.45) is 3.24. The first-order valence-corrected chi connectivity index (χ1v) is 7.50. The maximum Gasteiger partial charge on any atom is 0.119 e. The Bertz CT molecular complexity index is 605. The number of aliphatic hydroxyl groups is 1. The molecule has 0 amide bonds. The van der Waals surface area contributed by atoms with Crippen molar-refractivity contribution in [2.24, 2.45) is 0 Å². The summed E-state index contributed by atoms with van der Waals surface area (Å²) >= 11 is 0. The smallest absolute Gasteiger partial charge is 0.119 e. The van der Waals surface area contributed by atoms with E-state index in [9.17, 15) is 5.11 Å². The molecular weight excluding hydrogens is 266 g/mol. The van der Waals surface area contributed by atoms with Gasteiger partial charge >= 0.3 is 0 Å². The van der Waals surface area contributed by atoms with E-state index in [1.54, 1.807) is 0 Å². The molecule has 0 atom stereocenters. The number of aliphatic hydroxyl groups excluding tert-OH is 1. The average molecular weight is 287 g/mol. The first kappa shape index (κ1) is 14.1. The lowest BCUT2D eigenvalue weighted by atomic mass is 10.2. The fourth-order valence-corrected chi connectivity index (χ4v) is 2.55. The fraction of sp³-hybridized carbons (Fsp3) is 0.500. The van der Waals surface area contributed by atoms with Gasteiger partial charge < -0.3 is 9.84 Å². The van der Waals surface area contributed by atoms with Gasteiger partial charge in [0, 0.05) is 18.9 Å². The molecule has 1 aliphatic rings. The Hall–Kier alpha value is -1.88. The number of aromatic nitrogens is 3. The van der Waals surface area contributed by atoms with Crippen molar-refractivity contribution in [1.82, 2.24) is 15.0 Å². The largest absolute Gasteiger partial charge is 0.494 e. The minimum Gasteiger partial charge on any atom is -0.494 e. The van der Waals surface area contributed by atoms with E-state index in [4.69, 9.17) is 4.74 Å². The van der Waals surface area contributed by atoms with Gasteiger partial charge in [0.25, 0.3) is 0 Å². The van der Waals surface area contributed by atoms with Crippen LogP contribution in [0, 0.1) is 6.92 Å². The van der Waals surface area contributed by atoms with Crippen molar-refractivity contribution in [3.63, 3.8) is 0 Å². The third-order valence-electron chi connectivity index (χ3n) is 3.73. The van der Waals surface area contributed by atoms with Gasteiger partial charge in [-0.15, -0.1) is 5.10 Å². The molecule has 1 N–H and O–H groups in total. The van der Waals surface area contributed by atoms with Crippen molar-refractivity contribution in [3.8, 4) is 5.75 Å². The molecule has 3 rings (SSSR count). The van der Waals surface area contributed by atoms with Crippen LogP contribution in [0.15, 0.2) is 24.3 Å². The molecule has 112 valence electrons. The summed E-state index contributed by atoms with van der Waals surface area (Å²) < 4.78 is 7.68. The number of ether oxygens (including phenoxy) is 1. The predicted octanol–water partition coefficient (Wildman–Crippen LogP) is 2.43. The Morgan fingerprint density at radius 2 is 2.24 bits per heavy atom. The lowest BCUT2D eigenvalue weighted by Gasteiger charge is -2.08. The first-order chi connectivity index (χ1) is 10.3. The van der Waals surface area contributed by atoms with Crippen molar-refractivity contribution in [2.45, 2.75) is 45.3 Å². The van der Waals surface area contributed by atoms with Gasteiger partial charge in [-0.2, -0.15) is 0 Å². The third kappa shape index (κ3) is 3.42. The molecule has 5 heteroatoms. The van der Waals surface area contributed by atoms with Gasteiger partial charge in [0.15, 0.2) is 0 Å². The Labute approximate surface area is 124 Å². The van der Waals surface area contributed by atoms with E-state index in [0.717, 1.165) is 30.1 Å². The second-order valence-electron chi connectivity index (χ2n) is 5.60. The highest BCUT2D eigenvalue weighted by atomic mass is 16.5. The highest BCUT2D eigenvalue weighted by molar-refractivity contribution is 5.27. The molecule has 0 saturated heterocycles. The topological polar surface area (TPSA) is 60.2 Å². The molecule has 1 aliphatic carbocycles. The molecule has 0 unspecified atom stereocenters. The average Bonchev–Trinajstić information content (AvgIpc) is 3.24. The van der Waals surface area contributed by atoms with E-state index < -0.39 is 0 Å². The zero-order valence-electron chi connectivity index (χ0n) is 12.3. The van der Waals surface area contributed by atoms with Crippen LogP contribution in [0.4, 0.5) is 0 Å². The van der Waals surface area contributed by atoms with Crippen LogP contribution < -0.4 is 4.74 Å². The first-order valence-electron chi connectivity index (χ1n) is 7.50. The molecule has 1 aromatic carbocycles. The van der Waals surface area contributed by atoms with E-state index in [0.29, 0.717) is 12.5 Å². The Morgan fingerprint density at radius 3 is 2.95 bits per heavy atom. The molecule has 1 aromatic heterocycles. The molecule has 0 radical (unpaired) electrons. The second kappa shape index (κ2) is 6.26. The summed E-state index contributed by atoms with van der Waals surface area (Å²) in [6, 6.07) is 8.07. The summed E-state index contributed by atoms with van der Waals surface area (Å²) in [5, 5.41) is 17.5. The lowest BCUT2D eigenvalue weighted by Crippen LogP contribution is -2.09. The Morgan fingerprint density at radius 1 is 1.38 bits per heavy atom. The Kier molecular flexibility index (Phi) is 4.20. The van der Waals surface area contributed by atoms with Gasteiger partial charge in [-0.25, -0.2) is 4.68 Å². The van der Waals surface area contributed by atoms with Gasteiger partial charge in [-0.05, 0) is 37.5 Å². The number of hydrogen-bond acceptors (Lipinski definition) is 4. The van der Waals surface area contributed by atoms with Crippen LogP contribution in [0.2, 0.25) is 0 Å². The molecule has 1 saturated carbocycles. The number of benzene rings is 1. The van der Waals surface area contributed by atoms with Crippen LogP contribution in [0.25, 0.3) is 0 Å². The molecule has 2 aromatic rings. The summed E-state index contributed by atoms with van der Waals surface area (Å²) in [7, 11) is 0. The summed E-state index contributed by atoms with van der Waals surface area (Å²) in [6.45, 7) is 3.47. The minimum atomic E-state index is -0.0222. The maximum atomic E-state index is 9.31. The van der Waals surface area contributed by atoms with Gasteiger partial charge in [-0.1, -0.05) is 17.3 Å². The van der Waals surface area contributed by atoms with Gasteiger partial charge in [0.05, 0.1) is 18.9 Å². The molecule has 0 aliphatic heterocycles. The van der Waals surface area contributed by atoms with Crippen molar-refractivity contribution in [1.29, 1.82) is 0 Å². The van der Waals surface area contributed by atoms with Gasteiger partial charge in [-0.3, -0.25) is 0 Å². The number of aryl methyl sites for hydroxylation is 2. The van der Waals surface area contributed by atoms with E-state index >= 15 is 0 Å².